The van der Waals surface area contributed by atoms with Crippen LogP contribution >= 0.6 is 0 Å². The summed E-state index contributed by atoms with van der Waals surface area (Å²) in [7, 11) is 0. The van der Waals surface area contributed by atoms with Gasteiger partial charge in [0, 0.05) is 24.3 Å². The quantitative estimate of drug-likeness (QED) is 0.615. The lowest BCUT2D eigenvalue weighted by atomic mass is 10.0. The summed E-state index contributed by atoms with van der Waals surface area (Å²) in [6, 6.07) is 16.5. The molecule has 1 heterocycles. The van der Waals surface area contributed by atoms with Gasteiger partial charge in [-0.05, 0) is 42.7 Å². The monoisotopic (exact) mass is 292 g/mol. The number of rotatable bonds is 3. The van der Waals surface area contributed by atoms with Gasteiger partial charge in [-0.2, -0.15) is 5.26 Å². The Hall–Kier alpha value is -2.60. The van der Waals surface area contributed by atoms with Gasteiger partial charge in [-0.1, -0.05) is 30.3 Å². The smallest absolute Gasteiger partial charge is 0.131 e. The third-order valence-electron chi connectivity index (χ3n) is 3.96. The van der Waals surface area contributed by atoms with Gasteiger partial charge in [0.05, 0.1) is 11.6 Å². The van der Waals surface area contributed by atoms with Crippen LogP contribution < -0.4 is 4.90 Å². The highest BCUT2D eigenvalue weighted by molar-refractivity contribution is 5.89. The highest BCUT2D eigenvalue weighted by Crippen LogP contribution is 2.24. The van der Waals surface area contributed by atoms with Crippen LogP contribution in [-0.2, 0) is 0 Å². The summed E-state index contributed by atoms with van der Waals surface area (Å²) in [5.74, 6) is -0.371. The van der Waals surface area contributed by atoms with Gasteiger partial charge in [-0.3, -0.25) is 0 Å². The Labute approximate surface area is 130 Å². The Kier molecular flexibility index (Phi) is 4.20. The Balaban J connectivity index is 1.87. The molecule has 110 valence electrons. The molecule has 0 unspecified atom stereocenters. The number of allylic oxidation sites excluding steroid dienone is 1. The summed E-state index contributed by atoms with van der Waals surface area (Å²) in [4.78, 5) is 2.36. The molecule has 2 nitrogen and oxygen atoms in total. The Morgan fingerprint density at radius 2 is 1.73 bits per heavy atom. The third kappa shape index (κ3) is 3.01. The molecular weight excluding hydrogens is 275 g/mol. The number of nitriles is 1. The highest BCUT2D eigenvalue weighted by atomic mass is 19.1. The van der Waals surface area contributed by atoms with E-state index >= 15 is 0 Å². The van der Waals surface area contributed by atoms with Gasteiger partial charge in [0.15, 0.2) is 0 Å². The molecule has 0 aromatic heterocycles. The molecule has 0 amide bonds. The van der Waals surface area contributed by atoms with Crippen molar-refractivity contribution >= 4 is 17.3 Å². The number of benzene rings is 2. The van der Waals surface area contributed by atoms with Crippen LogP contribution in [0.2, 0.25) is 0 Å². The molecule has 0 atom stereocenters. The molecule has 1 fully saturated rings. The molecule has 2 aromatic carbocycles. The molecule has 0 saturated carbocycles. The summed E-state index contributed by atoms with van der Waals surface area (Å²) < 4.78 is 13.8. The molecule has 0 N–H and O–H groups in total. The first-order valence-corrected chi connectivity index (χ1v) is 7.49. The zero-order valence-corrected chi connectivity index (χ0v) is 12.3. The van der Waals surface area contributed by atoms with Crippen molar-refractivity contribution < 1.29 is 4.39 Å². The van der Waals surface area contributed by atoms with Crippen molar-refractivity contribution in [3.05, 3.63) is 65.5 Å². The van der Waals surface area contributed by atoms with Crippen molar-refractivity contribution in [1.29, 1.82) is 5.26 Å². The van der Waals surface area contributed by atoms with E-state index in [1.54, 1.807) is 24.3 Å². The molecule has 22 heavy (non-hydrogen) atoms. The van der Waals surface area contributed by atoms with Crippen molar-refractivity contribution in [3.8, 4) is 6.07 Å². The minimum absolute atomic E-state index is 0.340. The van der Waals surface area contributed by atoms with Crippen LogP contribution in [-0.4, -0.2) is 13.1 Å². The fourth-order valence-corrected chi connectivity index (χ4v) is 2.77. The van der Waals surface area contributed by atoms with E-state index in [0.29, 0.717) is 11.1 Å². The molecule has 0 spiro atoms. The van der Waals surface area contributed by atoms with Crippen molar-refractivity contribution in [1.82, 2.24) is 0 Å². The molecule has 1 aliphatic heterocycles. The number of anilines is 1. The first-order chi connectivity index (χ1) is 10.8. The van der Waals surface area contributed by atoms with Gasteiger partial charge in [-0.15, -0.1) is 0 Å². The zero-order valence-electron chi connectivity index (χ0n) is 12.3. The van der Waals surface area contributed by atoms with Gasteiger partial charge in [0.2, 0.25) is 0 Å². The second-order valence-electron chi connectivity index (χ2n) is 5.44. The van der Waals surface area contributed by atoms with E-state index in [-0.39, 0.29) is 5.82 Å². The van der Waals surface area contributed by atoms with Gasteiger partial charge >= 0.3 is 0 Å². The Morgan fingerprint density at radius 1 is 1.05 bits per heavy atom. The summed E-state index contributed by atoms with van der Waals surface area (Å²) in [5.41, 5.74) is 2.79. The number of hydrogen-bond acceptors (Lipinski definition) is 2. The molecule has 2 aromatic rings. The lowest BCUT2D eigenvalue weighted by molar-refractivity contribution is 0.624. The number of hydrogen-bond donors (Lipinski definition) is 0. The number of nitrogens with zero attached hydrogens (tertiary/aromatic N) is 2. The standard InChI is InChI=1S/C19H17FN2/c20-19-6-2-1-5-18(19)16(14-21)13-15-7-9-17(10-8-15)22-11-3-4-12-22/h1-2,5-10,13H,3-4,11-12H2. The fraction of sp³-hybridized carbons (Fsp3) is 0.211. The van der Waals surface area contributed by atoms with E-state index in [1.807, 2.05) is 12.1 Å². The minimum Gasteiger partial charge on any atom is -0.372 e. The Bertz CT molecular complexity index is 720. The van der Waals surface area contributed by atoms with E-state index in [1.165, 1.54) is 24.6 Å². The van der Waals surface area contributed by atoms with Gasteiger partial charge in [-0.25, -0.2) is 4.39 Å². The molecule has 1 aliphatic rings. The van der Waals surface area contributed by atoms with E-state index < -0.39 is 0 Å². The van der Waals surface area contributed by atoms with Crippen LogP contribution in [0.1, 0.15) is 24.0 Å². The average Bonchev–Trinajstić information content (AvgIpc) is 3.08. The van der Waals surface area contributed by atoms with Crippen molar-refractivity contribution in [2.24, 2.45) is 0 Å². The first-order valence-electron chi connectivity index (χ1n) is 7.49. The van der Waals surface area contributed by atoms with Crippen molar-refractivity contribution in [2.75, 3.05) is 18.0 Å². The van der Waals surface area contributed by atoms with Crippen LogP contribution in [0.5, 0.6) is 0 Å². The SMILES string of the molecule is N#CC(=Cc1ccc(N2CCCC2)cc1)c1ccccc1F. The average molecular weight is 292 g/mol. The van der Waals surface area contributed by atoms with E-state index in [4.69, 9.17) is 0 Å². The lowest BCUT2D eigenvalue weighted by Crippen LogP contribution is -2.17. The maximum Gasteiger partial charge on any atom is 0.131 e. The maximum atomic E-state index is 13.8. The van der Waals surface area contributed by atoms with Gasteiger partial charge in [0.25, 0.3) is 0 Å². The predicted molar refractivity (Wildman–Crippen MR) is 87.8 cm³/mol. The van der Waals surface area contributed by atoms with Crippen LogP contribution in [0.15, 0.2) is 48.5 Å². The van der Waals surface area contributed by atoms with Crippen molar-refractivity contribution in [3.63, 3.8) is 0 Å². The first kappa shape index (κ1) is 14.3. The predicted octanol–water partition coefficient (Wildman–Crippen LogP) is 4.49. The number of halogens is 1. The zero-order chi connectivity index (χ0) is 15.4. The Morgan fingerprint density at radius 3 is 2.36 bits per heavy atom. The van der Waals surface area contributed by atoms with E-state index in [2.05, 4.69) is 23.1 Å². The molecule has 3 heteroatoms. The van der Waals surface area contributed by atoms with Crippen LogP contribution in [0.4, 0.5) is 10.1 Å². The molecule has 3 rings (SSSR count). The van der Waals surface area contributed by atoms with Crippen LogP contribution in [0, 0.1) is 17.1 Å². The van der Waals surface area contributed by atoms with E-state index in [9.17, 15) is 9.65 Å². The van der Waals surface area contributed by atoms with Crippen LogP contribution in [0.3, 0.4) is 0 Å². The molecule has 0 aliphatic carbocycles. The normalized spacial score (nSPS) is 14.9. The second-order valence-corrected chi connectivity index (χ2v) is 5.44. The van der Waals surface area contributed by atoms with Gasteiger partial charge < -0.3 is 4.90 Å². The maximum absolute atomic E-state index is 13.8. The summed E-state index contributed by atoms with van der Waals surface area (Å²) >= 11 is 0. The molecule has 0 bridgehead atoms. The minimum atomic E-state index is -0.371. The largest absolute Gasteiger partial charge is 0.372 e. The molecular formula is C19H17FN2. The van der Waals surface area contributed by atoms with Crippen LogP contribution in [0.25, 0.3) is 11.6 Å². The third-order valence-corrected chi connectivity index (χ3v) is 3.96. The summed E-state index contributed by atoms with van der Waals surface area (Å²) in [6.07, 6.45) is 4.22. The van der Waals surface area contributed by atoms with E-state index in [0.717, 1.165) is 18.7 Å². The second kappa shape index (κ2) is 6.44. The summed E-state index contributed by atoms with van der Waals surface area (Å²) in [5, 5.41) is 9.30. The van der Waals surface area contributed by atoms with Crippen molar-refractivity contribution in [2.45, 2.75) is 12.8 Å². The fourth-order valence-electron chi connectivity index (χ4n) is 2.77. The summed E-state index contributed by atoms with van der Waals surface area (Å²) in [6.45, 7) is 2.21. The molecule has 0 radical (unpaired) electrons. The van der Waals surface area contributed by atoms with Gasteiger partial charge in [0.1, 0.15) is 5.82 Å². The topological polar surface area (TPSA) is 27.0 Å². The molecule has 1 saturated heterocycles. The lowest BCUT2D eigenvalue weighted by Gasteiger charge is -2.17. The highest BCUT2D eigenvalue weighted by Gasteiger charge is 2.12.